The number of benzene rings is 2. The maximum atomic E-state index is 12.4. The zero-order chi connectivity index (χ0) is 19.1. The van der Waals surface area contributed by atoms with Crippen molar-refractivity contribution in [3.63, 3.8) is 0 Å². The first kappa shape index (κ1) is 17.5. The van der Waals surface area contributed by atoms with E-state index in [4.69, 9.17) is 9.15 Å². The molecule has 0 radical (unpaired) electrons. The van der Waals surface area contributed by atoms with Gasteiger partial charge in [0.1, 0.15) is 11.3 Å². The third-order valence-electron chi connectivity index (χ3n) is 5.11. The van der Waals surface area contributed by atoms with Crippen LogP contribution in [0.15, 0.2) is 51.7 Å². The van der Waals surface area contributed by atoms with Gasteiger partial charge in [0.15, 0.2) is 0 Å². The molecule has 0 N–H and O–H groups in total. The van der Waals surface area contributed by atoms with Crippen LogP contribution in [0.2, 0.25) is 0 Å². The smallest absolute Gasteiger partial charge is 0.336 e. The van der Waals surface area contributed by atoms with Crippen LogP contribution in [0.3, 0.4) is 0 Å². The molecule has 2 heterocycles. The molecule has 0 saturated heterocycles. The van der Waals surface area contributed by atoms with Gasteiger partial charge in [-0.15, -0.1) is 0 Å². The van der Waals surface area contributed by atoms with Crippen molar-refractivity contribution in [2.45, 2.75) is 39.5 Å². The van der Waals surface area contributed by atoms with E-state index in [0.29, 0.717) is 29.1 Å². The second-order valence-corrected chi connectivity index (χ2v) is 7.66. The average Bonchev–Trinajstić information content (AvgIpc) is 2.60. The quantitative estimate of drug-likeness (QED) is 0.365. The van der Waals surface area contributed by atoms with Gasteiger partial charge in [0.05, 0.1) is 11.8 Å². The maximum absolute atomic E-state index is 12.4. The summed E-state index contributed by atoms with van der Waals surface area (Å²) in [6.45, 7) is 6.30. The Labute approximate surface area is 157 Å². The van der Waals surface area contributed by atoms with Gasteiger partial charge in [0.2, 0.25) is 0 Å². The molecule has 27 heavy (non-hydrogen) atoms. The average molecular weight is 362 g/mol. The highest BCUT2D eigenvalue weighted by atomic mass is 16.5. The molecule has 138 valence electrons. The fourth-order valence-electron chi connectivity index (χ4n) is 4.12. The number of carbonyl (C=O) groups excluding carboxylic acids is 1. The Morgan fingerprint density at radius 1 is 1.11 bits per heavy atom. The number of aryl methyl sites for hydroxylation is 1. The number of esters is 1. The zero-order valence-corrected chi connectivity index (χ0v) is 15.7. The predicted molar refractivity (Wildman–Crippen MR) is 105 cm³/mol. The van der Waals surface area contributed by atoms with Gasteiger partial charge in [-0.2, -0.15) is 0 Å². The molecule has 4 heteroatoms. The minimum atomic E-state index is -0.415. The normalized spacial score (nSPS) is 16.4. The van der Waals surface area contributed by atoms with Crippen LogP contribution >= 0.6 is 0 Å². The van der Waals surface area contributed by atoms with Crippen molar-refractivity contribution in [1.29, 1.82) is 0 Å². The first-order valence-electron chi connectivity index (χ1n) is 9.31. The van der Waals surface area contributed by atoms with Crippen LogP contribution in [0.1, 0.15) is 43.7 Å². The molecule has 4 rings (SSSR count). The molecule has 4 nitrogen and oxygen atoms in total. The van der Waals surface area contributed by atoms with Gasteiger partial charge in [0, 0.05) is 17.2 Å². The summed E-state index contributed by atoms with van der Waals surface area (Å²) in [6, 6.07) is 13.0. The Kier molecular flexibility index (Phi) is 4.34. The second-order valence-electron chi connectivity index (χ2n) is 7.66. The van der Waals surface area contributed by atoms with Crippen LogP contribution in [0.25, 0.3) is 22.1 Å². The minimum Gasteiger partial charge on any atom is -0.425 e. The molecule has 1 aromatic heterocycles. The van der Waals surface area contributed by atoms with Crippen LogP contribution in [0.5, 0.6) is 5.75 Å². The van der Waals surface area contributed by atoms with Crippen molar-refractivity contribution in [3.8, 4) is 16.9 Å². The Balaban J connectivity index is 2.07. The van der Waals surface area contributed by atoms with Gasteiger partial charge in [-0.05, 0) is 42.4 Å². The second kappa shape index (κ2) is 6.69. The Hall–Kier alpha value is -2.88. The number of ether oxygens (including phenoxy) is 1. The predicted octanol–water partition coefficient (Wildman–Crippen LogP) is 5.21. The lowest BCUT2D eigenvalue weighted by molar-refractivity contribution is -0.135. The standard InChI is InChI=1S/C23H22O4/c1-13(2)9-16-11-19(24)27-23-21(16)14(3)10-18-22(23)17(12-20(25)26-18)15-7-5-4-6-8-15/h4-8,10,12-13,16H,9,11H2,1-3H3/t16-/m0/s1. The maximum Gasteiger partial charge on any atom is 0.336 e. The van der Waals surface area contributed by atoms with Crippen LogP contribution in [-0.4, -0.2) is 5.97 Å². The first-order valence-corrected chi connectivity index (χ1v) is 9.31. The van der Waals surface area contributed by atoms with E-state index in [1.54, 1.807) is 0 Å². The van der Waals surface area contributed by atoms with E-state index in [1.807, 2.05) is 43.3 Å². The summed E-state index contributed by atoms with van der Waals surface area (Å²) in [5.74, 6) is 0.895. The van der Waals surface area contributed by atoms with Crippen molar-refractivity contribution in [2.24, 2.45) is 5.92 Å². The van der Waals surface area contributed by atoms with Gasteiger partial charge in [-0.1, -0.05) is 44.2 Å². The molecular formula is C23H22O4. The van der Waals surface area contributed by atoms with E-state index in [2.05, 4.69) is 13.8 Å². The Morgan fingerprint density at radius 3 is 2.56 bits per heavy atom. The monoisotopic (exact) mass is 362 g/mol. The van der Waals surface area contributed by atoms with E-state index >= 15 is 0 Å². The van der Waals surface area contributed by atoms with E-state index in [-0.39, 0.29) is 11.9 Å². The summed E-state index contributed by atoms with van der Waals surface area (Å²) in [7, 11) is 0. The minimum absolute atomic E-state index is 0.112. The molecular weight excluding hydrogens is 340 g/mol. The largest absolute Gasteiger partial charge is 0.425 e. The van der Waals surface area contributed by atoms with Crippen LogP contribution in [-0.2, 0) is 4.79 Å². The van der Waals surface area contributed by atoms with E-state index in [1.165, 1.54) is 6.07 Å². The summed E-state index contributed by atoms with van der Waals surface area (Å²) in [4.78, 5) is 24.5. The summed E-state index contributed by atoms with van der Waals surface area (Å²) >= 11 is 0. The van der Waals surface area contributed by atoms with E-state index in [9.17, 15) is 9.59 Å². The van der Waals surface area contributed by atoms with Gasteiger partial charge >= 0.3 is 11.6 Å². The van der Waals surface area contributed by atoms with Crippen molar-refractivity contribution < 1.29 is 13.9 Å². The lowest BCUT2D eigenvalue weighted by atomic mass is 9.82. The van der Waals surface area contributed by atoms with Gasteiger partial charge < -0.3 is 9.15 Å². The number of fused-ring (bicyclic) bond motifs is 3. The number of rotatable bonds is 3. The van der Waals surface area contributed by atoms with Crippen molar-refractivity contribution in [2.75, 3.05) is 0 Å². The SMILES string of the molecule is Cc1cc2oc(=O)cc(-c3ccccc3)c2c2c1[C@@H](CC(C)C)CC(=O)O2. The molecule has 0 bridgehead atoms. The van der Waals surface area contributed by atoms with Gasteiger partial charge in [0.25, 0.3) is 0 Å². The molecule has 0 amide bonds. The third kappa shape index (κ3) is 3.16. The molecule has 0 unspecified atom stereocenters. The topological polar surface area (TPSA) is 56.5 Å². The summed E-state index contributed by atoms with van der Waals surface area (Å²) < 4.78 is 11.2. The first-order chi connectivity index (χ1) is 12.9. The van der Waals surface area contributed by atoms with Gasteiger partial charge in [-0.25, -0.2) is 4.79 Å². The Morgan fingerprint density at radius 2 is 1.85 bits per heavy atom. The van der Waals surface area contributed by atoms with E-state index in [0.717, 1.165) is 28.7 Å². The van der Waals surface area contributed by atoms with E-state index < -0.39 is 5.63 Å². The van der Waals surface area contributed by atoms with Crippen molar-refractivity contribution in [3.05, 3.63) is 64.0 Å². The van der Waals surface area contributed by atoms with Crippen LogP contribution in [0, 0.1) is 12.8 Å². The summed E-state index contributed by atoms with van der Waals surface area (Å²) in [5, 5.41) is 0.697. The van der Waals surface area contributed by atoms with Crippen LogP contribution in [0.4, 0.5) is 0 Å². The lowest BCUT2D eigenvalue weighted by Gasteiger charge is -2.28. The summed E-state index contributed by atoms with van der Waals surface area (Å²) in [6.07, 6.45) is 1.29. The Bertz CT molecular complexity index is 1080. The molecule has 0 saturated carbocycles. The third-order valence-corrected chi connectivity index (χ3v) is 5.11. The lowest BCUT2D eigenvalue weighted by Crippen LogP contribution is -2.22. The molecule has 0 fully saturated rings. The fraction of sp³-hybridized carbons (Fsp3) is 0.304. The molecule has 0 aliphatic carbocycles. The van der Waals surface area contributed by atoms with Crippen molar-refractivity contribution >= 4 is 16.9 Å². The highest BCUT2D eigenvalue weighted by Gasteiger charge is 2.32. The summed E-state index contributed by atoms with van der Waals surface area (Å²) in [5.41, 5.74) is 3.71. The molecule has 3 aromatic rings. The number of hydrogen-bond donors (Lipinski definition) is 0. The molecule has 1 aliphatic rings. The van der Waals surface area contributed by atoms with Gasteiger partial charge in [-0.3, -0.25) is 4.79 Å². The molecule has 1 aliphatic heterocycles. The number of carbonyl (C=O) groups is 1. The number of hydrogen-bond acceptors (Lipinski definition) is 4. The van der Waals surface area contributed by atoms with Crippen LogP contribution < -0.4 is 10.4 Å². The fourth-order valence-corrected chi connectivity index (χ4v) is 4.12. The zero-order valence-electron chi connectivity index (χ0n) is 15.7. The molecule has 2 aromatic carbocycles. The molecule has 1 atom stereocenters. The highest BCUT2D eigenvalue weighted by Crippen LogP contribution is 2.46. The highest BCUT2D eigenvalue weighted by molar-refractivity contribution is 6.01. The van der Waals surface area contributed by atoms with Crippen molar-refractivity contribution in [1.82, 2.24) is 0 Å². The molecule has 0 spiro atoms.